The molecular formula is C23H50O3Si2. The molecule has 0 bridgehead atoms. The van der Waals surface area contributed by atoms with Gasteiger partial charge in [-0.15, -0.1) is 0 Å². The highest BCUT2D eigenvalue weighted by atomic mass is 28.4. The first-order valence-electron chi connectivity index (χ1n) is 11.4. The van der Waals surface area contributed by atoms with E-state index in [2.05, 4.69) is 83.1 Å². The van der Waals surface area contributed by atoms with Crippen molar-refractivity contribution in [2.75, 3.05) is 13.7 Å². The summed E-state index contributed by atoms with van der Waals surface area (Å²) < 4.78 is 19.5. The predicted octanol–water partition coefficient (Wildman–Crippen LogP) is 7.88. The number of hydrogen-bond donors (Lipinski definition) is 0. The molecule has 0 aromatic rings. The van der Waals surface area contributed by atoms with E-state index in [4.69, 9.17) is 13.6 Å². The van der Waals surface area contributed by atoms with E-state index in [1.165, 1.54) is 0 Å². The van der Waals surface area contributed by atoms with E-state index in [1.807, 2.05) is 0 Å². The van der Waals surface area contributed by atoms with E-state index in [9.17, 15) is 0 Å². The molecule has 0 spiro atoms. The van der Waals surface area contributed by atoms with Crippen LogP contribution in [0.4, 0.5) is 0 Å². The minimum atomic E-state index is -2.12. The molecule has 1 aliphatic heterocycles. The Morgan fingerprint density at radius 3 is 1.64 bits per heavy atom. The Morgan fingerprint density at radius 2 is 1.32 bits per heavy atom. The van der Waals surface area contributed by atoms with Gasteiger partial charge in [-0.05, 0) is 38.7 Å². The maximum absolute atomic E-state index is 6.93. The molecular weight excluding hydrogens is 380 g/mol. The third kappa shape index (κ3) is 4.64. The molecule has 1 heterocycles. The van der Waals surface area contributed by atoms with Crippen molar-refractivity contribution in [2.24, 2.45) is 0 Å². The highest BCUT2D eigenvalue weighted by Crippen LogP contribution is 2.63. The first-order chi connectivity index (χ1) is 12.6. The molecule has 1 unspecified atom stereocenters. The lowest BCUT2D eigenvalue weighted by molar-refractivity contribution is -0.0499. The van der Waals surface area contributed by atoms with Crippen LogP contribution in [0.1, 0.15) is 95.9 Å². The van der Waals surface area contributed by atoms with Crippen LogP contribution < -0.4 is 0 Å². The highest BCUT2D eigenvalue weighted by Gasteiger charge is 2.64. The van der Waals surface area contributed by atoms with Gasteiger partial charge in [-0.1, -0.05) is 83.1 Å². The average molecular weight is 431 g/mol. The molecule has 1 fully saturated rings. The van der Waals surface area contributed by atoms with Crippen LogP contribution in [0.2, 0.25) is 32.2 Å². The maximum Gasteiger partial charge on any atom is 0.210 e. The Balaban J connectivity index is 3.14. The molecule has 0 saturated carbocycles. The van der Waals surface area contributed by atoms with E-state index in [0.717, 1.165) is 19.4 Å². The third-order valence-electron chi connectivity index (χ3n) is 7.39. The Morgan fingerprint density at radius 1 is 0.893 bits per heavy atom. The zero-order chi connectivity index (χ0) is 22.1. The zero-order valence-corrected chi connectivity index (χ0v) is 23.2. The summed E-state index contributed by atoms with van der Waals surface area (Å²) in [6.07, 6.45) is 2.05. The van der Waals surface area contributed by atoms with Gasteiger partial charge in [0.2, 0.25) is 8.32 Å². The molecule has 0 N–H and O–H groups in total. The molecule has 0 aliphatic carbocycles. The molecule has 0 aromatic carbocycles. The quantitative estimate of drug-likeness (QED) is 0.366. The van der Waals surface area contributed by atoms with E-state index in [-0.39, 0.29) is 16.4 Å². The van der Waals surface area contributed by atoms with E-state index in [1.54, 1.807) is 7.11 Å². The zero-order valence-electron chi connectivity index (χ0n) is 21.2. The van der Waals surface area contributed by atoms with Crippen molar-refractivity contribution in [2.45, 2.75) is 134 Å². The molecule has 5 heteroatoms. The lowest BCUT2D eigenvalue weighted by Crippen LogP contribution is -2.55. The van der Waals surface area contributed by atoms with Crippen LogP contribution in [0.15, 0.2) is 0 Å². The van der Waals surface area contributed by atoms with Gasteiger partial charge in [0.15, 0.2) is 8.32 Å². The van der Waals surface area contributed by atoms with Crippen LogP contribution in [0, 0.1) is 0 Å². The van der Waals surface area contributed by atoms with Crippen molar-refractivity contribution in [1.29, 1.82) is 0 Å². The Hall–Kier alpha value is 0.314. The van der Waals surface area contributed by atoms with Gasteiger partial charge in [-0.2, -0.15) is 0 Å². The van der Waals surface area contributed by atoms with Gasteiger partial charge >= 0.3 is 0 Å². The van der Waals surface area contributed by atoms with E-state index in [0.29, 0.717) is 22.2 Å². The lowest BCUT2D eigenvalue weighted by Gasteiger charge is -2.51. The Kier molecular flexibility index (Phi) is 8.67. The van der Waals surface area contributed by atoms with Crippen molar-refractivity contribution in [3.8, 4) is 0 Å². The second-order valence-electron chi connectivity index (χ2n) is 11.9. The minimum absolute atomic E-state index is 0.0579. The molecule has 1 rings (SSSR count). The highest BCUT2D eigenvalue weighted by molar-refractivity contribution is 6.81. The van der Waals surface area contributed by atoms with Crippen LogP contribution >= 0.6 is 0 Å². The van der Waals surface area contributed by atoms with Crippen molar-refractivity contribution in [3.05, 3.63) is 0 Å². The number of ether oxygens (including phenoxy) is 1. The molecule has 2 atom stereocenters. The summed E-state index contributed by atoms with van der Waals surface area (Å²) in [6, 6.07) is 0. The maximum atomic E-state index is 6.93. The molecule has 0 amide bonds. The van der Waals surface area contributed by atoms with Crippen molar-refractivity contribution < 1.29 is 13.6 Å². The van der Waals surface area contributed by atoms with Gasteiger partial charge < -0.3 is 13.6 Å². The van der Waals surface area contributed by atoms with Gasteiger partial charge in [0.05, 0.1) is 0 Å². The summed E-state index contributed by atoms with van der Waals surface area (Å²) in [7, 11) is -2.14. The summed E-state index contributed by atoms with van der Waals surface area (Å²) in [5, 5.41) is 0.317. The normalized spacial score (nSPS) is 24.0. The second-order valence-corrected chi connectivity index (χ2v) is 22.9. The second kappa shape index (κ2) is 9.21. The summed E-state index contributed by atoms with van der Waals surface area (Å²) in [6.45, 7) is 29.4. The fourth-order valence-corrected chi connectivity index (χ4v) is 19.5. The molecule has 1 aliphatic rings. The Labute approximate surface area is 178 Å². The average Bonchev–Trinajstić information content (AvgIpc) is 2.90. The fourth-order valence-electron chi connectivity index (χ4n) is 6.80. The van der Waals surface area contributed by atoms with Crippen LogP contribution in [-0.4, -0.2) is 36.6 Å². The van der Waals surface area contributed by atoms with E-state index < -0.39 is 16.6 Å². The number of methoxy groups -OCH3 is 1. The van der Waals surface area contributed by atoms with Crippen molar-refractivity contribution >= 4 is 16.6 Å². The predicted molar refractivity (Wildman–Crippen MR) is 127 cm³/mol. The number of hydrogen-bond acceptors (Lipinski definition) is 3. The van der Waals surface area contributed by atoms with Gasteiger partial charge in [0.25, 0.3) is 0 Å². The van der Waals surface area contributed by atoms with Crippen LogP contribution in [-0.2, 0) is 13.6 Å². The minimum Gasteiger partial charge on any atom is -0.416 e. The topological polar surface area (TPSA) is 27.7 Å². The molecule has 3 nitrogen and oxygen atoms in total. The molecule has 0 radical (unpaired) electrons. The summed E-state index contributed by atoms with van der Waals surface area (Å²) in [5.41, 5.74) is 2.46. The lowest BCUT2D eigenvalue weighted by atomic mass is 10.2. The summed E-state index contributed by atoms with van der Waals surface area (Å²) in [4.78, 5) is 0. The molecule has 1 saturated heterocycles. The summed E-state index contributed by atoms with van der Waals surface area (Å²) >= 11 is 0. The first kappa shape index (κ1) is 26.3. The van der Waals surface area contributed by atoms with Gasteiger partial charge in [0.1, 0.15) is 6.29 Å². The Bertz CT molecular complexity index is 453. The SMILES string of the molecule is COC1C[C@H](CCO[Si](C(C)C)(C(C)C)C(C)C)[Si](C(C)(C)C)(C(C)(C)C)O1. The standard InChI is InChI=1S/C23H50O3Si2/c1-17(2)27(18(3)4,19(5)6)25-15-14-20-16-21(24-13)26-28(20,22(7,8)9)23(10,11)12/h17-21H,14-16H2,1-13H3/t20-,21?/m0/s1. The van der Waals surface area contributed by atoms with E-state index >= 15 is 0 Å². The summed E-state index contributed by atoms with van der Waals surface area (Å²) in [5.74, 6) is 0. The van der Waals surface area contributed by atoms with Gasteiger partial charge in [-0.25, -0.2) is 0 Å². The van der Waals surface area contributed by atoms with Crippen LogP contribution in [0.25, 0.3) is 0 Å². The van der Waals surface area contributed by atoms with Crippen molar-refractivity contribution in [3.63, 3.8) is 0 Å². The van der Waals surface area contributed by atoms with Gasteiger partial charge in [-0.3, -0.25) is 0 Å². The largest absolute Gasteiger partial charge is 0.416 e. The first-order valence-corrected chi connectivity index (χ1v) is 15.5. The molecule has 28 heavy (non-hydrogen) atoms. The van der Waals surface area contributed by atoms with Crippen molar-refractivity contribution in [1.82, 2.24) is 0 Å². The van der Waals surface area contributed by atoms with Crippen LogP contribution in [0.5, 0.6) is 0 Å². The van der Waals surface area contributed by atoms with Crippen LogP contribution in [0.3, 0.4) is 0 Å². The molecule has 168 valence electrons. The third-order valence-corrected chi connectivity index (χ3v) is 20.3. The smallest absolute Gasteiger partial charge is 0.210 e. The monoisotopic (exact) mass is 430 g/mol. The van der Waals surface area contributed by atoms with Gasteiger partial charge in [0, 0.05) is 20.1 Å². The number of rotatable bonds is 8. The molecule has 0 aromatic heterocycles. The fraction of sp³-hybridized carbons (Fsp3) is 1.00.